The van der Waals surface area contributed by atoms with E-state index in [-0.39, 0.29) is 18.0 Å². The van der Waals surface area contributed by atoms with Crippen LogP contribution in [0.1, 0.15) is 29.8 Å². The molecule has 0 unspecified atom stereocenters. The highest BCUT2D eigenvalue weighted by molar-refractivity contribution is 5.78. The standard InChI is InChI=1S/C27H27N3O3/c1-20-13-15-22(16-14-20)33-17-7-12-26(31)30(18-21-8-3-2-4-9-21)19-25-28-24-11-6-5-10-23(24)27(32)29-25/h2-6,8-11,13-16H,7,12,17-19H2,1H3,(H,28,29,32). The van der Waals surface area contributed by atoms with Crippen LogP contribution in [0.3, 0.4) is 0 Å². The van der Waals surface area contributed by atoms with Crippen molar-refractivity contribution in [3.05, 3.63) is 106 Å². The normalized spacial score (nSPS) is 10.8. The lowest BCUT2D eigenvalue weighted by Crippen LogP contribution is -2.31. The Hall–Kier alpha value is -3.93. The Morgan fingerprint density at radius 1 is 0.939 bits per heavy atom. The summed E-state index contributed by atoms with van der Waals surface area (Å²) >= 11 is 0. The van der Waals surface area contributed by atoms with Crippen LogP contribution < -0.4 is 10.3 Å². The largest absolute Gasteiger partial charge is 0.494 e. The number of benzene rings is 3. The number of nitrogens with one attached hydrogen (secondary N) is 1. The number of fused-ring (bicyclic) bond motifs is 1. The third-order valence-corrected chi connectivity index (χ3v) is 5.40. The average Bonchev–Trinajstić information content (AvgIpc) is 2.83. The number of aryl methyl sites for hydroxylation is 1. The smallest absolute Gasteiger partial charge is 0.258 e. The third kappa shape index (κ3) is 6.07. The number of amides is 1. The number of para-hydroxylation sites is 1. The van der Waals surface area contributed by atoms with Crippen molar-refractivity contribution in [2.45, 2.75) is 32.9 Å². The Labute approximate surface area is 192 Å². The lowest BCUT2D eigenvalue weighted by atomic mass is 10.2. The predicted molar refractivity (Wildman–Crippen MR) is 129 cm³/mol. The van der Waals surface area contributed by atoms with Crippen LogP contribution in [0.15, 0.2) is 83.7 Å². The summed E-state index contributed by atoms with van der Waals surface area (Å²) in [6, 6.07) is 24.9. The maximum atomic E-state index is 13.1. The number of nitrogens with zero attached hydrogens (tertiary/aromatic N) is 2. The Morgan fingerprint density at radius 2 is 1.67 bits per heavy atom. The number of ether oxygens (including phenoxy) is 1. The molecule has 168 valence electrons. The minimum Gasteiger partial charge on any atom is -0.494 e. The van der Waals surface area contributed by atoms with Crippen LogP contribution in [0.2, 0.25) is 0 Å². The van der Waals surface area contributed by atoms with Crippen molar-refractivity contribution < 1.29 is 9.53 Å². The van der Waals surface area contributed by atoms with E-state index in [0.717, 1.165) is 11.3 Å². The van der Waals surface area contributed by atoms with Crippen LogP contribution in [0.5, 0.6) is 5.75 Å². The van der Waals surface area contributed by atoms with Gasteiger partial charge in [-0.3, -0.25) is 9.59 Å². The number of hydrogen-bond acceptors (Lipinski definition) is 4. The van der Waals surface area contributed by atoms with Gasteiger partial charge in [0.1, 0.15) is 11.6 Å². The number of carbonyl (C=O) groups is 1. The molecule has 0 atom stereocenters. The van der Waals surface area contributed by atoms with Gasteiger partial charge in [-0.1, -0.05) is 60.2 Å². The SMILES string of the molecule is Cc1ccc(OCCCC(=O)N(Cc2ccccc2)Cc2nc3ccccc3c(=O)[nH]2)cc1. The molecule has 0 fully saturated rings. The molecule has 6 heteroatoms. The molecule has 4 aromatic rings. The van der Waals surface area contributed by atoms with Crippen molar-refractivity contribution in [3.8, 4) is 5.75 Å². The molecule has 0 saturated heterocycles. The molecule has 0 spiro atoms. The molecule has 0 aliphatic carbocycles. The van der Waals surface area contributed by atoms with Gasteiger partial charge in [0.15, 0.2) is 0 Å². The highest BCUT2D eigenvalue weighted by Gasteiger charge is 2.16. The molecule has 1 aromatic heterocycles. The van der Waals surface area contributed by atoms with Crippen LogP contribution in [-0.4, -0.2) is 27.4 Å². The molecule has 33 heavy (non-hydrogen) atoms. The second kappa shape index (κ2) is 10.6. The zero-order chi connectivity index (χ0) is 23.0. The molecule has 0 aliphatic heterocycles. The highest BCUT2D eigenvalue weighted by atomic mass is 16.5. The summed E-state index contributed by atoms with van der Waals surface area (Å²) in [5.41, 5.74) is 2.61. The minimum atomic E-state index is -0.200. The van der Waals surface area contributed by atoms with Crippen molar-refractivity contribution >= 4 is 16.8 Å². The van der Waals surface area contributed by atoms with Crippen molar-refractivity contribution in [1.29, 1.82) is 0 Å². The molecule has 0 radical (unpaired) electrons. The summed E-state index contributed by atoms with van der Waals surface area (Å²) in [5, 5.41) is 0.537. The first kappa shape index (κ1) is 22.3. The van der Waals surface area contributed by atoms with Crippen molar-refractivity contribution in [3.63, 3.8) is 0 Å². The zero-order valence-electron chi connectivity index (χ0n) is 18.7. The van der Waals surface area contributed by atoms with Crippen molar-refractivity contribution in [1.82, 2.24) is 14.9 Å². The maximum Gasteiger partial charge on any atom is 0.258 e. The van der Waals surface area contributed by atoms with E-state index in [1.54, 1.807) is 17.0 Å². The van der Waals surface area contributed by atoms with Gasteiger partial charge >= 0.3 is 0 Å². The first-order valence-electron chi connectivity index (χ1n) is 11.1. The van der Waals surface area contributed by atoms with E-state index < -0.39 is 0 Å². The first-order valence-corrected chi connectivity index (χ1v) is 11.1. The van der Waals surface area contributed by atoms with Crippen LogP contribution in [0, 0.1) is 6.92 Å². The fourth-order valence-corrected chi connectivity index (χ4v) is 3.63. The van der Waals surface area contributed by atoms with Gasteiger partial charge in [-0.2, -0.15) is 0 Å². The summed E-state index contributed by atoms with van der Waals surface area (Å²) in [4.78, 5) is 34.7. The summed E-state index contributed by atoms with van der Waals surface area (Å²) in [7, 11) is 0. The number of aromatic amines is 1. The van der Waals surface area contributed by atoms with E-state index in [2.05, 4.69) is 9.97 Å². The van der Waals surface area contributed by atoms with E-state index in [4.69, 9.17) is 4.74 Å². The summed E-state index contributed by atoms with van der Waals surface area (Å²) < 4.78 is 5.76. The van der Waals surface area contributed by atoms with Gasteiger partial charge in [-0.25, -0.2) is 4.98 Å². The lowest BCUT2D eigenvalue weighted by Gasteiger charge is -2.22. The third-order valence-electron chi connectivity index (χ3n) is 5.40. The molecule has 0 saturated carbocycles. The lowest BCUT2D eigenvalue weighted by molar-refractivity contribution is -0.132. The van der Waals surface area contributed by atoms with Gasteiger partial charge in [0, 0.05) is 13.0 Å². The Morgan fingerprint density at radius 3 is 2.45 bits per heavy atom. The van der Waals surface area contributed by atoms with Gasteiger partial charge in [-0.15, -0.1) is 0 Å². The molecule has 0 bridgehead atoms. The highest BCUT2D eigenvalue weighted by Crippen LogP contribution is 2.14. The number of rotatable bonds is 9. The molecular formula is C27H27N3O3. The van der Waals surface area contributed by atoms with E-state index in [1.807, 2.05) is 73.7 Å². The van der Waals surface area contributed by atoms with Crippen LogP contribution in [0.4, 0.5) is 0 Å². The second-order valence-corrected chi connectivity index (χ2v) is 8.03. The molecule has 4 rings (SSSR count). The van der Waals surface area contributed by atoms with Gasteiger partial charge in [0.05, 0.1) is 24.1 Å². The van der Waals surface area contributed by atoms with E-state index >= 15 is 0 Å². The molecule has 1 N–H and O–H groups in total. The zero-order valence-corrected chi connectivity index (χ0v) is 18.7. The molecule has 0 aliphatic rings. The minimum absolute atomic E-state index is 0.0119. The molecule has 6 nitrogen and oxygen atoms in total. The molecule has 3 aromatic carbocycles. The van der Waals surface area contributed by atoms with Gasteiger partial charge < -0.3 is 14.6 Å². The van der Waals surface area contributed by atoms with Gasteiger partial charge in [0.25, 0.3) is 5.56 Å². The van der Waals surface area contributed by atoms with Gasteiger partial charge in [0.2, 0.25) is 5.91 Å². The average molecular weight is 442 g/mol. The number of hydrogen-bond donors (Lipinski definition) is 1. The fourth-order valence-electron chi connectivity index (χ4n) is 3.63. The maximum absolute atomic E-state index is 13.1. The predicted octanol–water partition coefficient (Wildman–Crippen LogP) is 4.62. The monoisotopic (exact) mass is 441 g/mol. The summed E-state index contributed by atoms with van der Waals surface area (Å²) in [5.74, 6) is 1.26. The summed E-state index contributed by atoms with van der Waals surface area (Å²) in [6.07, 6.45) is 0.941. The fraction of sp³-hybridized carbons (Fsp3) is 0.222. The Balaban J connectivity index is 1.44. The van der Waals surface area contributed by atoms with E-state index in [1.165, 1.54) is 5.56 Å². The van der Waals surface area contributed by atoms with Gasteiger partial charge in [-0.05, 0) is 43.2 Å². The first-order chi connectivity index (χ1) is 16.1. The second-order valence-electron chi connectivity index (χ2n) is 8.03. The molecular weight excluding hydrogens is 414 g/mol. The molecule has 1 amide bonds. The molecule has 1 heterocycles. The topological polar surface area (TPSA) is 75.3 Å². The van der Waals surface area contributed by atoms with E-state index in [9.17, 15) is 9.59 Å². The van der Waals surface area contributed by atoms with E-state index in [0.29, 0.717) is 42.7 Å². The van der Waals surface area contributed by atoms with Crippen LogP contribution in [0.25, 0.3) is 10.9 Å². The Bertz CT molecular complexity index is 1270. The summed E-state index contributed by atoms with van der Waals surface area (Å²) in [6.45, 7) is 3.15. The number of aromatic nitrogens is 2. The van der Waals surface area contributed by atoms with Crippen LogP contribution >= 0.6 is 0 Å². The Kier molecular flexibility index (Phi) is 7.15. The quantitative estimate of drug-likeness (QED) is 0.385. The van der Waals surface area contributed by atoms with Crippen molar-refractivity contribution in [2.75, 3.05) is 6.61 Å². The van der Waals surface area contributed by atoms with Crippen molar-refractivity contribution in [2.24, 2.45) is 0 Å². The van der Waals surface area contributed by atoms with Crippen LogP contribution in [-0.2, 0) is 17.9 Å². The number of carbonyl (C=O) groups excluding carboxylic acids is 1. The number of H-pyrrole nitrogens is 1.